The van der Waals surface area contributed by atoms with Crippen molar-refractivity contribution in [3.63, 3.8) is 0 Å². The van der Waals surface area contributed by atoms with Crippen LogP contribution in [-0.2, 0) is 0 Å². The summed E-state index contributed by atoms with van der Waals surface area (Å²) in [4.78, 5) is 11.0. The van der Waals surface area contributed by atoms with Crippen molar-refractivity contribution in [2.45, 2.75) is 52.0 Å². The van der Waals surface area contributed by atoms with Crippen LogP contribution in [0.4, 0.5) is 5.82 Å². The van der Waals surface area contributed by atoms with Crippen LogP contribution < -0.4 is 11.5 Å². The van der Waals surface area contributed by atoms with Gasteiger partial charge in [-0.1, -0.05) is 33.1 Å². The Morgan fingerprint density at radius 3 is 2.32 bits per heavy atom. The summed E-state index contributed by atoms with van der Waals surface area (Å²) in [6.45, 7) is 7.50. The largest absolute Gasteiger partial charge is 0.382 e. The van der Waals surface area contributed by atoms with E-state index in [2.05, 4.69) is 11.7 Å². The summed E-state index contributed by atoms with van der Waals surface area (Å²) < 4.78 is 1.80. The molecule has 0 aliphatic heterocycles. The van der Waals surface area contributed by atoms with Gasteiger partial charge in [-0.3, -0.25) is 9.48 Å². The van der Waals surface area contributed by atoms with E-state index in [1.165, 1.54) is 19.3 Å². The fourth-order valence-electron chi connectivity index (χ4n) is 2.13. The Labute approximate surface area is 114 Å². The lowest BCUT2D eigenvalue weighted by Gasteiger charge is -2.21. The van der Waals surface area contributed by atoms with Gasteiger partial charge in [-0.2, -0.15) is 5.10 Å². The summed E-state index contributed by atoms with van der Waals surface area (Å²) >= 11 is 0. The van der Waals surface area contributed by atoms with E-state index in [1.54, 1.807) is 10.9 Å². The van der Waals surface area contributed by atoms with Gasteiger partial charge in [0.05, 0.1) is 6.04 Å². The van der Waals surface area contributed by atoms with Gasteiger partial charge in [0.2, 0.25) is 0 Å². The van der Waals surface area contributed by atoms with Crippen LogP contribution in [0.1, 0.15) is 62.4 Å². The van der Waals surface area contributed by atoms with E-state index < -0.39 is 5.91 Å². The van der Waals surface area contributed by atoms with Gasteiger partial charge in [0.25, 0.3) is 5.91 Å². The van der Waals surface area contributed by atoms with Crippen molar-refractivity contribution in [3.8, 4) is 6.57 Å². The van der Waals surface area contributed by atoms with Crippen LogP contribution in [0.2, 0.25) is 0 Å². The van der Waals surface area contributed by atoms with Crippen LogP contribution in [0, 0.1) is 11.8 Å². The minimum atomic E-state index is -0.505. The normalized spacial score (nSPS) is 14.5. The first-order valence-corrected chi connectivity index (χ1v) is 6.58. The lowest BCUT2D eigenvalue weighted by atomic mass is 9.96. The molecule has 1 aromatic rings. The molecule has 0 radical (unpaired) electrons. The molecule has 0 bridgehead atoms. The lowest BCUT2D eigenvalue weighted by Crippen LogP contribution is -2.14. The average Bonchev–Trinajstić information content (AvgIpc) is 2.86. The molecule has 0 aromatic carbocycles. The minimum Gasteiger partial charge on any atom is -0.382 e. The number of primary amides is 1. The SMILES string of the molecule is C#N.CC.NC(=O)c1cn(C2CCCCC2)nc1N. The van der Waals surface area contributed by atoms with Crippen molar-refractivity contribution in [1.82, 2.24) is 9.78 Å². The number of carbonyl (C=O) groups is 1. The van der Waals surface area contributed by atoms with Crippen molar-refractivity contribution >= 4 is 11.7 Å². The molecule has 0 atom stereocenters. The molecule has 6 heteroatoms. The first-order chi connectivity index (χ1) is 9.18. The zero-order valence-electron chi connectivity index (χ0n) is 11.7. The molecule has 2 rings (SSSR count). The molecule has 1 aromatic heterocycles. The third kappa shape index (κ3) is 4.62. The molecule has 19 heavy (non-hydrogen) atoms. The molecule has 1 saturated carbocycles. The number of rotatable bonds is 2. The monoisotopic (exact) mass is 265 g/mol. The van der Waals surface area contributed by atoms with E-state index in [0.717, 1.165) is 12.8 Å². The van der Waals surface area contributed by atoms with Gasteiger partial charge in [-0.15, -0.1) is 0 Å². The first-order valence-electron chi connectivity index (χ1n) is 6.58. The first kappa shape index (κ1) is 17.0. The fraction of sp³-hybridized carbons (Fsp3) is 0.615. The number of nitrogen functional groups attached to an aromatic ring is 1. The molecule has 0 spiro atoms. The van der Waals surface area contributed by atoms with Crippen LogP contribution in [0.15, 0.2) is 6.20 Å². The molecule has 106 valence electrons. The van der Waals surface area contributed by atoms with Gasteiger partial charge < -0.3 is 11.5 Å². The summed E-state index contributed by atoms with van der Waals surface area (Å²) in [5.41, 5.74) is 11.1. The second-order valence-corrected chi connectivity index (χ2v) is 4.06. The number of aromatic nitrogens is 2. The number of hydrogen-bond donors (Lipinski definition) is 2. The van der Waals surface area contributed by atoms with Crippen LogP contribution in [0.5, 0.6) is 0 Å². The summed E-state index contributed by atoms with van der Waals surface area (Å²) in [6, 6.07) is 0.383. The second-order valence-electron chi connectivity index (χ2n) is 4.06. The number of nitriles is 1. The molecular formula is C13H23N5O. The van der Waals surface area contributed by atoms with Gasteiger partial charge in [-0.05, 0) is 12.8 Å². The molecule has 1 aliphatic rings. The highest BCUT2D eigenvalue weighted by Gasteiger charge is 2.19. The number of hydrogen-bond acceptors (Lipinski definition) is 4. The van der Waals surface area contributed by atoms with Crippen molar-refractivity contribution < 1.29 is 4.79 Å². The predicted molar refractivity (Wildman–Crippen MR) is 75.3 cm³/mol. The van der Waals surface area contributed by atoms with Gasteiger partial charge in [0.1, 0.15) is 5.56 Å². The maximum absolute atomic E-state index is 11.0. The van der Waals surface area contributed by atoms with Crippen molar-refractivity contribution in [2.75, 3.05) is 5.73 Å². The van der Waals surface area contributed by atoms with Crippen molar-refractivity contribution in [1.29, 1.82) is 5.26 Å². The van der Waals surface area contributed by atoms with Gasteiger partial charge >= 0.3 is 0 Å². The summed E-state index contributed by atoms with van der Waals surface area (Å²) in [5, 5.41) is 10.6. The van der Waals surface area contributed by atoms with Crippen molar-refractivity contribution in [3.05, 3.63) is 11.8 Å². The van der Waals surface area contributed by atoms with Crippen LogP contribution in [0.3, 0.4) is 0 Å². The predicted octanol–water partition coefficient (Wildman–Crippen LogP) is 2.24. The summed E-state index contributed by atoms with van der Waals surface area (Å²) in [7, 11) is 0. The Balaban J connectivity index is 0.000000741. The minimum absolute atomic E-state index is 0.244. The molecule has 1 fully saturated rings. The van der Waals surface area contributed by atoms with E-state index in [1.807, 2.05) is 13.8 Å². The number of nitrogens with two attached hydrogens (primary N) is 2. The third-order valence-corrected chi connectivity index (χ3v) is 2.97. The van der Waals surface area contributed by atoms with E-state index in [0.29, 0.717) is 11.6 Å². The standard InChI is InChI=1S/C10H16N4O.C2H6.CHN/c11-9-8(10(12)15)6-14(13-9)7-4-2-1-3-5-7;2*1-2/h6-7H,1-5H2,(H2,11,13)(H2,12,15);1-2H3;1H. The van der Waals surface area contributed by atoms with E-state index >= 15 is 0 Å². The van der Waals surface area contributed by atoms with Gasteiger partial charge in [-0.25, -0.2) is 5.26 Å². The highest BCUT2D eigenvalue weighted by Crippen LogP contribution is 2.28. The Morgan fingerprint density at radius 2 is 1.89 bits per heavy atom. The highest BCUT2D eigenvalue weighted by atomic mass is 16.1. The Hall–Kier alpha value is -2.03. The molecule has 4 N–H and O–H groups in total. The molecule has 1 amide bonds. The lowest BCUT2D eigenvalue weighted by molar-refractivity contribution is 0.100. The summed E-state index contributed by atoms with van der Waals surface area (Å²) in [5.74, 6) is -0.261. The third-order valence-electron chi connectivity index (χ3n) is 2.97. The topological polar surface area (TPSA) is 111 Å². The number of nitrogens with zero attached hydrogens (tertiary/aromatic N) is 3. The Bertz CT molecular complexity index is 404. The highest BCUT2D eigenvalue weighted by molar-refractivity contribution is 5.96. The van der Waals surface area contributed by atoms with E-state index in [4.69, 9.17) is 16.7 Å². The molecule has 0 unspecified atom stereocenters. The van der Waals surface area contributed by atoms with Crippen LogP contribution in [0.25, 0.3) is 0 Å². The van der Waals surface area contributed by atoms with Crippen LogP contribution in [-0.4, -0.2) is 15.7 Å². The second kappa shape index (κ2) is 8.97. The Kier molecular flexibility index (Phi) is 8.02. The average molecular weight is 265 g/mol. The van der Waals surface area contributed by atoms with Crippen molar-refractivity contribution in [2.24, 2.45) is 5.73 Å². The molecule has 6 nitrogen and oxygen atoms in total. The number of carbonyl (C=O) groups excluding carboxylic acids is 1. The smallest absolute Gasteiger partial charge is 0.254 e. The Morgan fingerprint density at radius 1 is 1.37 bits per heavy atom. The maximum atomic E-state index is 11.0. The molecule has 1 aliphatic carbocycles. The number of anilines is 1. The van der Waals surface area contributed by atoms with Gasteiger partial charge in [0, 0.05) is 12.8 Å². The zero-order valence-corrected chi connectivity index (χ0v) is 11.7. The molecular weight excluding hydrogens is 242 g/mol. The van der Waals surface area contributed by atoms with Crippen LogP contribution >= 0.6 is 0 Å². The zero-order chi connectivity index (χ0) is 14.8. The van der Waals surface area contributed by atoms with Gasteiger partial charge in [0.15, 0.2) is 5.82 Å². The quantitative estimate of drug-likeness (QED) is 0.854. The van der Waals surface area contributed by atoms with E-state index in [-0.39, 0.29) is 5.82 Å². The molecule has 1 heterocycles. The molecule has 0 saturated heterocycles. The summed E-state index contributed by atoms with van der Waals surface area (Å²) in [6.07, 6.45) is 7.62. The van der Waals surface area contributed by atoms with E-state index in [9.17, 15) is 4.79 Å². The maximum Gasteiger partial charge on any atom is 0.254 e. The number of amides is 1. The fourth-order valence-corrected chi connectivity index (χ4v) is 2.13.